The van der Waals surface area contributed by atoms with Gasteiger partial charge in [0.1, 0.15) is 0 Å². The number of nitrogens with zero attached hydrogens (tertiary/aromatic N) is 1. The number of ether oxygens (including phenoxy) is 1. The van der Waals surface area contributed by atoms with E-state index in [1.54, 1.807) is 11.3 Å². The van der Waals surface area contributed by atoms with Gasteiger partial charge in [0, 0.05) is 17.2 Å². The molecule has 0 aromatic carbocycles. The number of hydrogen-bond acceptors (Lipinski definition) is 4. The van der Waals surface area contributed by atoms with Crippen LogP contribution in [0.25, 0.3) is 0 Å². The second-order valence-corrected chi connectivity index (χ2v) is 7.12. The van der Waals surface area contributed by atoms with E-state index in [1.165, 1.54) is 7.11 Å². The van der Waals surface area contributed by atoms with E-state index in [4.69, 9.17) is 4.74 Å². The molecule has 0 unspecified atom stereocenters. The molecule has 1 saturated carbocycles. The summed E-state index contributed by atoms with van der Waals surface area (Å²) in [4.78, 5) is 16.6. The molecule has 0 atom stereocenters. The molecule has 1 heterocycles. The summed E-state index contributed by atoms with van der Waals surface area (Å²) in [6, 6.07) is 0. The first-order valence-electron chi connectivity index (χ1n) is 6.41. The first kappa shape index (κ1) is 13.5. The van der Waals surface area contributed by atoms with E-state index in [1.807, 2.05) is 0 Å². The number of thiazole rings is 1. The topological polar surface area (TPSA) is 39.2 Å². The van der Waals surface area contributed by atoms with Gasteiger partial charge in [-0.2, -0.15) is 0 Å². The highest BCUT2D eigenvalue weighted by molar-refractivity contribution is 7.09. The van der Waals surface area contributed by atoms with Gasteiger partial charge >= 0.3 is 5.97 Å². The molecular weight excluding hydrogens is 246 g/mol. The minimum Gasteiger partial charge on any atom is -0.469 e. The zero-order valence-corrected chi connectivity index (χ0v) is 12.4. The zero-order valence-electron chi connectivity index (χ0n) is 11.6. The molecule has 100 valence electrons. The van der Waals surface area contributed by atoms with E-state index in [2.05, 4.69) is 31.1 Å². The van der Waals surface area contributed by atoms with Crippen molar-refractivity contribution in [2.24, 2.45) is 5.41 Å². The molecule has 1 aromatic heterocycles. The van der Waals surface area contributed by atoms with Crippen molar-refractivity contribution in [2.45, 2.75) is 51.9 Å². The SMILES string of the molecule is COC(=O)C1(Cc2nc(C(C)(C)C)cs2)CCC1. The van der Waals surface area contributed by atoms with Gasteiger partial charge in [0.15, 0.2) is 0 Å². The third-order valence-corrected chi connectivity index (χ3v) is 4.59. The highest BCUT2D eigenvalue weighted by atomic mass is 32.1. The molecule has 0 radical (unpaired) electrons. The maximum atomic E-state index is 11.9. The fourth-order valence-electron chi connectivity index (χ4n) is 2.30. The Labute approximate surface area is 113 Å². The molecule has 0 spiro atoms. The molecule has 3 nitrogen and oxygen atoms in total. The van der Waals surface area contributed by atoms with Crippen molar-refractivity contribution < 1.29 is 9.53 Å². The quantitative estimate of drug-likeness (QED) is 0.789. The third-order valence-electron chi connectivity index (χ3n) is 3.74. The summed E-state index contributed by atoms with van der Waals surface area (Å²) in [5, 5.41) is 3.17. The molecule has 0 N–H and O–H groups in total. The summed E-state index contributed by atoms with van der Waals surface area (Å²) < 4.78 is 4.94. The number of esters is 1. The van der Waals surface area contributed by atoms with E-state index in [0.717, 1.165) is 36.4 Å². The van der Waals surface area contributed by atoms with Crippen molar-refractivity contribution in [1.29, 1.82) is 0 Å². The lowest BCUT2D eigenvalue weighted by molar-refractivity contribution is -0.158. The van der Waals surface area contributed by atoms with Crippen LogP contribution in [0.15, 0.2) is 5.38 Å². The summed E-state index contributed by atoms with van der Waals surface area (Å²) >= 11 is 1.66. The fraction of sp³-hybridized carbons (Fsp3) is 0.714. The number of methoxy groups -OCH3 is 1. The Morgan fingerprint density at radius 3 is 2.56 bits per heavy atom. The lowest BCUT2D eigenvalue weighted by Gasteiger charge is -2.38. The van der Waals surface area contributed by atoms with Crippen molar-refractivity contribution in [3.63, 3.8) is 0 Å². The van der Waals surface area contributed by atoms with Crippen LogP contribution in [0.1, 0.15) is 50.7 Å². The number of rotatable bonds is 3. The van der Waals surface area contributed by atoms with Gasteiger partial charge in [-0.3, -0.25) is 4.79 Å². The number of carbonyl (C=O) groups is 1. The van der Waals surface area contributed by atoms with Gasteiger partial charge in [-0.1, -0.05) is 27.2 Å². The molecule has 18 heavy (non-hydrogen) atoms. The smallest absolute Gasteiger partial charge is 0.312 e. The number of carbonyl (C=O) groups excluding carboxylic acids is 1. The first-order chi connectivity index (χ1) is 8.37. The standard InChI is InChI=1S/C14H21NO2S/c1-13(2,3)10-9-18-11(15-10)8-14(6-5-7-14)12(16)17-4/h9H,5-8H2,1-4H3. The maximum absolute atomic E-state index is 11.9. The van der Waals surface area contributed by atoms with Gasteiger partial charge in [0.2, 0.25) is 0 Å². The van der Waals surface area contributed by atoms with Gasteiger partial charge in [0.25, 0.3) is 0 Å². The Morgan fingerprint density at radius 1 is 1.50 bits per heavy atom. The third kappa shape index (κ3) is 2.44. The summed E-state index contributed by atoms with van der Waals surface area (Å²) in [6.45, 7) is 6.47. The van der Waals surface area contributed by atoms with Gasteiger partial charge in [-0.05, 0) is 12.8 Å². The highest BCUT2D eigenvalue weighted by Crippen LogP contribution is 2.45. The summed E-state index contributed by atoms with van der Waals surface area (Å²) in [5.74, 6) is -0.0683. The molecule has 0 saturated heterocycles. The van der Waals surface area contributed by atoms with Gasteiger partial charge in [0.05, 0.1) is 23.2 Å². The van der Waals surface area contributed by atoms with Crippen molar-refractivity contribution in [3.05, 3.63) is 16.1 Å². The summed E-state index contributed by atoms with van der Waals surface area (Å²) in [7, 11) is 1.48. The Balaban J connectivity index is 2.14. The molecule has 1 aromatic rings. The Kier molecular flexibility index (Phi) is 3.49. The molecule has 1 aliphatic carbocycles. The predicted molar refractivity (Wildman–Crippen MR) is 72.8 cm³/mol. The minimum atomic E-state index is -0.290. The first-order valence-corrected chi connectivity index (χ1v) is 7.29. The van der Waals surface area contributed by atoms with Crippen LogP contribution < -0.4 is 0 Å². The average Bonchev–Trinajstić information content (AvgIpc) is 2.70. The van der Waals surface area contributed by atoms with E-state index in [0.29, 0.717) is 0 Å². The number of hydrogen-bond donors (Lipinski definition) is 0. The van der Waals surface area contributed by atoms with Gasteiger partial charge in [-0.15, -0.1) is 11.3 Å². The van der Waals surface area contributed by atoms with E-state index in [-0.39, 0.29) is 16.8 Å². The summed E-state index contributed by atoms with van der Waals surface area (Å²) in [6.07, 6.45) is 3.72. The molecule has 2 rings (SSSR count). The van der Waals surface area contributed by atoms with E-state index >= 15 is 0 Å². The van der Waals surface area contributed by atoms with Crippen molar-refractivity contribution in [1.82, 2.24) is 4.98 Å². The van der Waals surface area contributed by atoms with Crippen molar-refractivity contribution in [2.75, 3.05) is 7.11 Å². The van der Waals surface area contributed by atoms with Crippen LogP contribution in [0.3, 0.4) is 0 Å². The van der Waals surface area contributed by atoms with Crippen LogP contribution >= 0.6 is 11.3 Å². The zero-order chi connectivity index (χ0) is 13.4. The van der Waals surface area contributed by atoms with Gasteiger partial charge in [-0.25, -0.2) is 4.98 Å². The summed E-state index contributed by atoms with van der Waals surface area (Å²) in [5.41, 5.74) is 0.899. The van der Waals surface area contributed by atoms with E-state index in [9.17, 15) is 4.79 Å². The van der Waals surface area contributed by atoms with Crippen LogP contribution in [0.5, 0.6) is 0 Å². The van der Waals surface area contributed by atoms with Crippen molar-refractivity contribution in [3.8, 4) is 0 Å². The molecule has 0 bridgehead atoms. The molecule has 1 fully saturated rings. The second kappa shape index (κ2) is 4.65. The maximum Gasteiger partial charge on any atom is 0.312 e. The molecule has 4 heteroatoms. The van der Waals surface area contributed by atoms with Crippen molar-refractivity contribution >= 4 is 17.3 Å². The average molecular weight is 267 g/mol. The molecule has 0 aliphatic heterocycles. The van der Waals surface area contributed by atoms with Crippen LogP contribution in [-0.2, 0) is 21.4 Å². The van der Waals surface area contributed by atoms with Crippen LogP contribution in [0.4, 0.5) is 0 Å². The Morgan fingerprint density at radius 2 is 2.17 bits per heavy atom. The lowest BCUT2D eigenvalue weighted by atomic mass is 9.67. The second-order valence-electron chi connectivity index (χ2n) is 6.18. The van der Waals surface area contributed by atoms with Gasteiger partial charge < -0.3 is 4.74 Å². The predicted octanol–water partition coefficient (Wildman–Crippen LogP) is 3.33. The monoisotopic (exact) mass is 267 g/mol. The Hall–Kier alpha value is -0.900. The minimum absolute atomic E-state index is 0.0683. The molecular formula is C14H21NO2S. The van der Waals surface area contributed by atoms with Crippen LogP contribution in [-0.4, -0.2) is 18.1 Å². The fourth-order valence-corrected chi connectivity index (χ4v) is 3.46. The van der Waals surface area contributed by atoms with E-state index < -0.39 is 0 Å². The molecule has 1 aliphatic rings. The normalized spacial score (nSPS) is 18.2. The highest BCUT2D eigenvalue weighted by Gasteiger charge is 2.45. The Bertz CT molecular complexity index is 441. The van der Waals surface area contributed by atoms with Crippen LogP contribution in [0.2, 0.25) is 0 Å². The molecule has 0 amide bonds. The number of aromatic nitrogens is 1. The lowest BCUT2D eigenvalue weighted by Crippen LogP contribution is -2.40. The van der Waals surface area contributed by atoms with Crippen LogP contribution in [0, 0.1) is 5.41 Å². The largest absolute Gasteiger partial charge is 0.469 e.